The maximum absolute atomic E-state index is 13.8. The highest BCUT2D eigenvalue weighted by molar-refractivity contribution is 7.90. The molecule has 4 rings (SSSR count). The molecule has 1 aliphatic heterocycles. The molecule has 0 saturated heterocycles. The Bertz CT molecular complexity index is 1230. The SMILES string of the molecule is CC(C)CC[C@]1(C)C(=O)C(C2=NS(=O)(=O)c3cc(N)ccc3N2)C(=O)c2ccccc21. The zero-order chi connectivity index (χ0) is 22.6. The second-order valence-corrected chi connectivity index (χ2v) is 10.4. The van der Waals surface area contributed by atoms with Gasteiger partial charge in [-0.2, -0.15) is 8.42 Å². The van der Waals surface area contributed by atoms with Gasteiger partial charge in [-0.25, -0.2) is 0 Å². The van der Waals surface area contributed by atoms with Crippen LogP contribution < -0.4 is 11.1 Å². The minimum absolute atomic E-state index is 0.0741. The summed E-state index contributed by atoms with van der Waals surface area (Å²) in [6.45, 7) is 5.99. The Hall–Kier alpha value is -3.00. The number of hydrogen-bond donors (Lipinski definition) is 2. The zero-order valence-electron chi connectivity index (χ0n) is 17.7. The van der Waals surface area contributed by atoms with E-state index in [1.807, 2.05) is 19.1 Å². The summed E-state index contributed by atoms with van der Waals surface area (Å²) in [4.78, 5) is 27.1. The van der Waals surface area contributed by atoms with Gasteiger partial charge in [0.1, 0.15) is 16.6 Å². The fraction of sp³-hybridized carbons (Fsp3) is 0.348. The second-order valence-electron chi connectivity index (χ2n) is 8.80. The number of nitrogens with zero attached hydrogens (tertiary/aromatic N) is 1. The van der Waals surface area contributed by atoms with Crippen molar-refractivity contribution in [1.29, 1.82) is 0 Å². The molecule has 0 radical (unpaired) electrons. The third kappa shape index (κ3) is 3.44. The van der Waals surface area contributed by atoms with Crippen molar-refractivity contribution in [1.82, 2.24) is 0 Å². The van der Waals surface area contributed by atoms with Crippen LogP contribution in [0, 0.1) is 11.8 Å². The lowest BCUT2D eigenvalue weighted by Crippen LogP contribution is -2.51. The van der Waals surface area contributed by atoms with E-state index in [1.165, 1.54) is 12.1 Å². The molecule has 7 nitrogen and oxygen atoms in total. The molecule has 2 aromatic carbocycles. The predicted molar refractivity (Wildman–Crippen MR) is 120 cm³/mol. The van der Waals surface area contributed by atoms with Crippen molar-refractivity contribution in [2.24, 2.45) is 16.2 Å². The average Bonchev–Trinajstić information content (AvgIpc) is 2.71. The number of Topliss-reactive ketones (excluding diaryl/α,β-unsaturated/α-hetero) is 2. The van der Waals surface area contributed by atoms with Crippen LogP contribution in [0.3, 0.4) is 0 Å². The fourth-order valence-electron chi connectivity index (χ4n) is 4.31. The van der Waals surface area contributed by atoms with Crippen molar-refractivity contribution in [2.75, 3.05) is 11.1 Å². The van der Waals surface area contributed by atoms with Crippen LogP contribution in [0.2, 0.25) is 0 Å². The second kappa shape index (κ2) is 7.30. The molecule has 2 aromatic rings. The summed E-state index contributed by atoms with van der Waals surface area (Å²) < 4.78 is 29.5. The van der Waals surface area contributed by atoms with Crippen molar-refractivity contribution in [3.05, 3.63) is 53.6 Å². The standard InChI is InChI=1S/C23H25N3O4S/c1-13(2)10-11-23(3)16-7-5-4-6-15(16)20(27)19(21(23)28)22-25-17-9-8-14(24)12-18(17)31(29,30)26-22/h4-9,12-13,19H,10-11,24H2,1-3H3,(H,25,26)/t19?,23-/m0/s1. The Labute approximate surface area is 181 Å². The molecular formula is C23H25N3O4S. The lowest BCUT2D eigenvalue weighted by Gasteiger charge is -2.39. The average molecular weight is 440 g/mol. The highest BCUT2D eigenvalue weighted by atomic mass is 32.2. The quantitative estimate of drug-likeness (QED) is 0.555. The monoisotopic (exact) mass is 439 g/mol. The molecule has 0 fully saturated rings. The molecular weight excluding hydrogens is 414 g/mol. The van der Waals surface area contributed by atoms with E-state index in [2.05, 4.69) is 23.6 Å². The summed E-state index contributed by atoms with van der Waals surface area (Å²) in [7, 11) is -4.11. The number of nitrogen functional groups attached to an aromatic ring is 1. The van der Waals surface area contributed by atoms with E-state index < -0.39 is 27.1 Å². The summed E-state index contributed by atoms with van der Waals surface area (Å²) in [6.07, 6.45) is 1.34. The predicted octanol–water partition coefficient (Wildman–Crippen LogP) is 3.56. The molecule has 1 unspecified atom stereocenters. The molecule has 0 spiro atoms. The van der Waals surface area contributed by atoms with Crippen LogP contribution in [0.1, 0.15) is 49.5 Å². The molecule has 0 bridgehead atoms. The van der Waals surface area contributed by atoms with E-state index >= 15 is 0 Å². The van der Waals surface area contributed by atoms with Gasteiger partial charge in [-0.1, -0.05) is 38.1 Å². The van der Waals surface area contributed by atoms with Gasteiger partial charge in [-0.05, 0) is 49.4 Å². The number of carbonyl (C=O) groups is 2. The Kier molecular flexibility index (Phi) is 5.00. The smallest absolute Gasteiger partial charge is 0.286 e. The fourth-order valence-corrected chi connectivity index (χ4v) is 5.50. The van der Waals surface area contributed by atoms with E-state index in [-0.39, 0.29) is 27.9 Å². The summed E-state index contributed by atoms with van der Waals surface area (Å²) in [5, 5.41) is 2.92. The van der Waals surface area contributed by atoms with Gasteiger partial charge in [0.25, 0.3) is 10.0 Å². The summed E-state index contributed by atoms with van der Waals surface area (Å²) in [5.41, 5.74) is 6.46. The van der Waals surface area contributed by atoms with Gasteiger partial charge in [0, 0.05) is 11.3 Å². The maximum atomic E-state index is 13.8. The van der Waals surface area contributed by atoms with Crippen LogP contribution in [0.25, 0.3) is 0 Å². The Morgan fingerprint density at radius 2 is 1.87 bits per heavy atom. The minimum atomic E-state index is -4.11. The topological polar surface area (TPSA) is 119 Å². The maximum Gasteiger partial charge on any atom is 0.286 e. The van der Waals surface area contributed by atoms with Gasteiger partial charge in [0.15, 0.2) is 11.6 Å². The largest absolute Gasteiger partial charge is 0.399 e. The third-order valence-electron chi connectivity index (χ3n) is 6.12. The van der Waals surface area contributed by atoms with Crippen LogP contribution in [0.4, 0.5) is 11.4 Å². The van der Waals surface area contributed by atoms with Crippen molar-refractivity contribution in [3.63, 3.8) is 0 Å². The number of anilines is 2. The molecule has 2 atom stereocenters. The van der Waals surface area contributed by atoms with Crippen molar-refractivity contribution in [2.45, 2.75) is 43.9 Å². The van der Waals surface area contributed by atoms with Gasteiger partial charge in [-0.15, -0.1) is 4.40 Å². The molecule has 1 aliphatic carbocycles. The van der Waals surface area contributed by atoms with E-state index in [0.717, 1.165) is 6.42 Å². The first-order valence-corrected chi connectivity index (χ1v) is 11.7. The Balaban J connectivity index is 1.84. The van der Waals surface area contributed by atoms with Crippen molar-refractivity contribution >= 4 is 38.8 Å². The van der Waals surface area contributed by atoms with E-state index in [9.17, 15) is 18.0 Å². The number of rotatable bonds is 4. The number of hydrogen-bond acceptors (Lipinski definition) is 6. The number of sulfonamides is 1. The summed E-state index contributed by atoms with van der Waals surface area (Å²) in [5.74, 6) is -1.87. The molecule has 162 valence electrons. The summed E-state index contributed by atoms with van der Waals surface area (Å²) >= 11 is 0. The highest BCUT2D eigenvalue weighted by Gasteiger charge is 2.51. The number of amidine groups is 1. The Morgan fingerprint density at radius 3 is 2.58 bits per heavy atom. The number of nitrogens with two attached hydrogens (primary N) is 1. The van der Waals surface area contributed by atoms with Gasteiger partial charge in [0.2, 0.25) is 0 Å². The van der Waals surface area contributed by atoms with Crippen LogP contribution in [-0.4, -0.2) is 25.8 Å². The highest BCUT2D eigenvalue weighted by Crippen LogP contribution is 2.42. The first-order chi connectivity index (χ1) is 14.5. The summed E-state index contributed by atoms with van der Waals surface area (Å²) in [6, 6.07) is 11.4. The molecule has 31 heavy (non-hydrogen) atoms. The number of benzene rings is 2. The molecule has 3 N–H and O–H groups in total. The molecule has 1 heterocycles. The van der Waals surface area contributed by atoms with Gasteiger partial charge in [0.05, 0.1) is 11.1 Å². The Morgan fingerprint density at radius 1 is 1.16 bits per heavy atom. The molecule has 0 saturated carbocycles. The van der Waals surface area contributed by atoms with Gasteiger partial charge in [-0.3, -0.25) is 9.59 Å². The van der Waals surface area contributed by atoms with E-state index in [1.54, 1.807) is 18.2 Å². The number of ketones is 2. The minimum Gasteiger partial charge on any atom is -0.399 e. The molecule has 2 aliphatic rings. The lowest BCUT2D eigenvalue weighted by molar-refractivity contribution is -0.125. The van der Waals surface area contributed by atoms with Crippen molar-refractivity contribution < 1.29 is 18.0 Å². The zero-order valence-corrected chi connectivity index (χ0v) is 18.5. The molecule has 8 heteroatoms. The number of nitrogens with one attached hydrogen (secondary N) is 1. The van der Waals surface area contributed by atoms with Gasteiger partial charge < -0.3 is 11.1 Å². The first kappa shape index (κ1) is 21.2. The number of carbonyl (C=O) groups excluding carboxylic acids is 2. The van der Waals surface area contributed by atoms with E-state index in [0.29, 0.717) is 23.5 Å². The first-order valence-electron chi connectivity index (χ1n) is 10.2. The molecule has 0 amide bonds. The van der Waals surface area contributed by atoms with Gasteiger partial charge >= 0.3 is 0 Å². The van der Waals surface area contributed by atoms with Crippen LogP contribution in [-0.2, 0) is 20.2 Å². The number of fused-ring (bicyclic) bond motifs is 2. The third-order valence-corrected chi connectivity index (χ3v) is 7.45. The van der Waals surface area contributed by atoms with Crippen LogP contribution >= 0.6 is 0 Å². The van der Waals surface area contributed by atoms with Crippen molar-refractivity contribution in [3.8, 4) is 0 Å². The van der Waals surface area contributed by atoms with Crippen LogP contribution in [0.5, 0.6) is 0 Å². The van der Waals surface area contributed by atoms with E-state index in [4.69, 9.17) is 5.73 Å². The normalized spacial score (nSPS) is 24.3. The lowest BCUT2D eigenvalue weighted by atomic mass is 9.63. The molecule has 0 aromatic heterocycles. The van der Waals surface area contributed by atoms with Crippen LogP contribution in [0.15, 0.2) is 51.8 Å².